The van der Waals surface area contributed by atoms with Crippen LogP contribution in [0.2, 0.25) is 5.02 Å². The first-order valence-electron chi connectivity index (χ1n) is 8.00. The highest BCUT2D eigenvalue weighted by atomic mass is 35.5. The van der Waals surface area contributed by atoms with Gasteiger partial charge in [0.2, 0.25) is 5.91 Å². The molecule has 1 amide bonds. The third kappa shape index (κ3) is 3.95. The van der Waals surface area contributed by atoms with E-state index in [0.29, 0.717) is 11.9 Å². The third-order valence-electron chi connectivity index (χ3n) is 4.72. The molecule has 0 bridgehead atoms. The summed E-state index contributed by atoms with van der Waals surface area (Å²) in [5.41, 5.74) is 1.16. The van der Waals surface area contributed by atoms with Crippen molar-refractivity contribution in [2.45, 2.75) is 38.1 Å². The highest BCUT2D eigenvalue weighted by Crippen LogP contribution is 2.27. The minimum Gasteiger partial charge on any atom is -0.339 e. The Bertz CT molecular complexity index is 503. The van der Waals surface area contributed by atoms with Crippen molar-refractivity contribution in [3.8, 4) is 0 Å². The van der Waals surface area contributed by atoms with Crippen molar-refractivity contribution >= 4 is 29.9 Å². The third-order valence-corrected chi connectivity index (χ3v) is 5.09. The summed E-state index contributed by atoms with van der Waals surface area (Å²) in [6, 6.07) is 8.30. The van der Waals surface area contributed by atoms with Crippen LogP contribution < -0.4 is 5.32 Å². The molecule has 1 aromatic rings. The number of hydrogen-bond donors (Lipinski definition) is 1. The number of likely N-dealkylation sites (tertiary alicyclic amines) is 1. The smallest absolute Gasteiger partial charge is 0.227 e. The molecular weight excluding hydrogens is 319 g/mol. The first-order chi connectivity index (χ1) is 10.3. The lowest BCUT2D eigenvalue weighted by Gasteiger charge is -2.31. The lowest BCUT2D eigenvalue weighted by Crippen LogP contribution is -2.45. The number of nitrogens with one attached hydrogen (secondary N) is 1. The van der Waals surface area contributed by atoms with Crippen LogP contribution in [0.25, 0.3) is 0 Å². The van der Waals surface area contributed by atoms with Crippen LogP contribution >= 0.6 is 24.0 Å². The Morgan fingerprint density at radius 3 is 2.82 bits per heavy atom. The van der Waals surface area contributed by atoms with E-state index in [9.17, 15) is 4.79 Å². The number of rotatable bonds is 3. The zero-order valence-electron chi connectivity index (χ0n) is 12.8. The summed E-state index contributed by atoms with van der Waals surface area (Å²) in [4.78, 5) is 14.9. The fourth-order valence-corrected chi connectivity index (χ4v) is 3.77. The number of benzene rings is 1. The normalized spacial score (nSPS) is 24.9. The molecule has 0 radical (unpaired) electrons. The second-order valence-electron chi connectivity index (χ2n) is 6.17. The number of amides is 1. The Morgan fingerprint density at radius 1 is 1.27 bits per heavy atom. The van der Waals surface area contributed by atoms with Crippen LogP contribution in [0, 0.1) is 5.92 Å². The lowest BCUT2D eigenvalue weighted by atomic mass is 9.97. The van der Waals surface area contributed by atoms with Gasteiger partial charge in [0.1, 0.15) is 0 Å². The van der Waals surface area contributed by atoms with Gasteiger partial charge in [-0.15, -0.1) is 12.4 Å². The first-order valence-corrected chi connectivity index (χ1v) is 8.38. The van der Waals surface area contributed by atoms with E-state index in [1.54, 1.807) is 0 Å². The minimum atomic E-state index is 0. The summed E-state index contributed by atoms with van der Waals surface area (Å²) in [7, 11) is 0. The van der Waals surface area contributed by atoms with Crippen LogP contribution in [-0.2, 0) is 11.2 Å². The molecule has 3 nitrogen and oxygen atoms in total. The molecule has 2 fully saturated rings. The van der Waals surface area contributed by atoms with Crippen molar-refractivity contribution in [2.75, 3.05) is 19.6 Å². The Hall–Kier alpha value is -0.770. The van der Waals surface area contributed by atoms with Gasteiger partial charge < -0.3 is 10.2 Å². The quantitative estimate of drug-likeness (QED) is 0.913. The van der Waals surface area contributed by atoms with Crippen LogP contribution in [0.1, 0.15) is 31.2 Å². The highest BCUT2D eigenvalue weighted by Gasteiger charge is 2.33. The van der Waals surface area contributed by atoms with Gasteiger partial charge in [-0.2, -0.15) is 0 Å². The van der Waals surface area contributed by atoms with Crippen LogP contribution in [0.15, 0.2) is 24.3 Å². The highest BCUT2D eigenvalue weighted by molar-refractivity contribution is 6.31. The van der Waals surface area contributed by atoms with Gasteiger partial charge in [0, 0.05) is 24.2 Å². The van der Waals surface area contributed by atoms with Crippen molar-refractivity contribution in [1.82, 2.24) is 10.2 Å². The van der Waals surface area contributed by atoms with Gasteiger partial charge in [-0.05, 0) is 50.3 Å². The molecule has 3 rings (SSSR count). The molecule has 0 aromatic heterocycles. The van der Waals surface area contributed by atoms with Gasteiger partial charge in [0.25, 0.3) is 0 Å². The van der Waals surface area contributed by atoms with Crippen molar-refractivity contribution < 1.29 is 4.79 Å². The summed E-state index contributed by atoms with van der Waals surface area (Å²) in [6.45, 7) is 2.80. The molecule has 5 heteroatoms. The molecule has 122 valence electrons. The zero-order chi connectivity index (χ0) is 14.7. The van der Waals surface area contributed by atoms with Crippen LogP contribution in [-0.4, -0.2) is 36.5 Å². The molecular formula is C17H24Cl2N2O. The molecule has 2 heterocycles. The average molecular weight is 343 g/mol. The van der Waals surface area contributed by atoms with Crippen molar-refractivity contribution in [2.24, 2.45) is 5.92 Å². The van der Waals surface area contributed by atoms with E-state index in [4.69, 9.17) is 11.6 Å². The Labute approximate surface area is 143 Å². The van der Waals surface area contributed by atoms with Gasteiger partial charge in [-0.25, -0.2) is 0 Å². The summed E-state index contributed by atoms with van der Waals surface area (Å²) >= 11 is 6.27. The Balaban J connectivity index is 0.00000176. The molecule has 22 heavy (non-hydrogen) atoms. The van der Waals surface area contributed by atoms with E-state index in [2.05, 4.69) is 16.3 Å². The van der Waals surface area contributed by atoms with E-state index in [1.165, 1.54) is 0 Å². The van der Waals surface area contributed by atoms with Crippen LogP contribution in [0.4, 0.5) is 0 Å². The lowest BCUT2D eigenvalue weighted by molar-refractivity contribution is -0.136. The van der Waals surface area contributed by atoms with Gasteiger partial charge >= 0.3 is 0 Å². The largest absolute Gasteiger partial charge is 0.339 e. The topological polar surface area (TPSA) is 32.3 Å². The Morgan fingerprint density at radius 2 is 2.09 bits per heavy atom. The summed E-state index contributed by atoms with van der Waals surface area (Å²) in [5, 5.41) is 4.16. The number of halogens is 2. The maximum Gasteiger partial charge on any atom is 0.227 e. The number of carbonyl (C=O) groups excluding carboxylic acids is 1. The van der Waals surface area contributed by atoms with Gasteiger partial charge in [0.15, 0.2) is 0 Å². The average Bonchev–Trinajstić information content (AvgIpc) is 2.98. The molecule has 0 spiro atoms. The van der Waals surface area contributed by atoms with Crippen molar-refractivity contribution in [3.05, 3.63) is 34.9 Å². The van der Waals surface area contributed by atoms with Crippen LogP contribution in [0.3, 0.4) is 0 Å². The fraction of sp³-hybridized carbons (Fsp3) is 0.588. The summed E-state index contributed by atoms with van der Waals surface area (Å²) < 4.78 is 0. The molecule has 2 unspecified atom stereocenters. The SMILES string of the molecule is Cl.O=C(C1CCCNC1)N1CCCC1Cc1ccccc1Cl. The second kappa shape index (κ2) is 8.19. The van der Waals surface area contributed by atoms with E-state index < -0.39 is 0 Å². The predicted molar refractivity (Wildman–Crippen MR) is 92.7 cm³/mol. The first kappa shape index (κ1) is 17.6. The number of nitrogens with zero attached hydrogens (tertiary/aromatic N) is 1. The summed E-state index contributed by atoms with van der Waals surface area (Å²) in [6.07, 6.45) is 5.23. The molecule has 2 atom stereocenters. The maximum atomic E-state index is 12.7. The molecule has 2 saturated heterocycles. The predicted octanol–water partition coefficient (Wildman–Crippen LogP) is 3.29. The van der Waals surface area contributed by atoms with E-state index in [-0.39, 0.29) is 18.3 Å². The molecule has 1 aromatic carbocycles. The molecule has 2 aliphatic rings. The van der Waals surface area contributed by atoms with Gasteiger partial charge in [-0.3, -0.25) is 4.79 Å². The van der Waals surface area contributed by atoms with Crippen molar-refractivity contribution in [3.63, 3.8) is 0 Å². The summed E-state index contributed by atoms with van der Waals surface area (Å²) in [5.74, 6) is 0.516. The minimum absolute atomic E-state index is 0. The number of carbonyl (C=O) groups is 1. The molecule has 1 N–H and O–H groups in total. The van der Waals surface area contributed by atoms with E-state index in [0.717, 1.165) is 62.3 Å². The van der Waals surface area contributed by atoms with E-state index in [1.807, 2.05) is 18.2 Å². The van der Waals surface area contributed by atoms with Crippen LogP contribution in [0.5, 0.6) is 0 Å². The van der Waals surface area contributed by atoms with E-state index >= 15 is 0 Å². The second-order valence-corrected chi connectivity index (χ2v) is 6.57. The van der Waals surface area contributed by atoms with Gasteiger partial charge in [-0.1, -0.05) is 29.8 Å². The standard InChI is InChI=1S/C17H23ClN2O.ClH/c18-16-8-2-1-5-13(16)11-15-7-4-10-20(15)17(21)14-6-3-9-19-12-14;/h1-2,5,8,14-15,19H,3-4,6-7,9-12H2;1H. The zero-order valence-corrected chi connectivity index (χ0v) is 14.3. The number of piperidine rings is 1. The van der Waals surface area contributed by atoms with Gasteiger partial charge in [0.05, 0.1) is 5.92 Å². The van der Waals surface area contributed by atoms with Crippen molar-refractivity contribution in [1.29, 1.82) is 0 Å². The maximum absolute atomic E-state index is 12.7. The molecule has 2 aliphatic heterocycles. The molecule has 0 aliphatic carbocycles. The monoisotopic (exact) mass is 342 g/mol. The molecule has 0 saturated carbocycles. The Kier molecular flexibility index (Phi) is 6.54. The number of hydrogen-bond acceptors (Lipinski definition) is 2. The fourth-order valence-electron chi connectivity index (χ4n) is 3.55.